The standard InChI is InChI=1S/C19H20N4O2/c1-24-16-8-3-2-6-14(16)12-18-21-19(17-9-5-11-25-17)23(22-18)15-7-4-10-20-13-15/h2-4,6-8,10,13,17H,5,9,11-12H2,1H3/t17-/m0/s1. The highest BCUT2D eigenvalue weighted by Crippen LogP contribution is 2.29. The average molecular weight is 336 g/mol. The van der Waals surface area contributed by atoms with Gasteiger partial charge in [-0.05, 0) is 31.0 Å². The van der Waals surface area contributed by atoms with Gasteiger partial charge in [0.25, 0.3) is 0 Å². The number of hydrogen-bond acceptors (Lipinski definition) is 5. The van der Waals surface area contributed by atoms with Crippen molar-refractivity contribution < 1.29 is 9.47 Å². The van der Waals surface area contributed by atoms with Crippen LogP contribution in [-0.4, -0.2) is 33.5 Å². The highest BCUT2D eigenvalue weighted by molar-refractivity contribution is 5.36. The number of rotatable bonds is 5. The van der Waals surface area contributed by atoms with Gasteiger partial charge in [-0.3, -0.25) is 4.98 Å². The Bertz CT molecular complexity index is 842. The van der Waals surface area contributed by atoms with E-state index in [1.54, 1.807) is 19.5 Å². The van der Waals surface area contributed by atoms with Gasteiger partial charge in [0, 0.05) is 24.8 Å². The smallest absolute Gasteiger partial charge is 0.161 e. The highest BCUT2D eigenvalue weighted by atomic mass is 16.5. The van der Waals surface area contributed by atoms with Crippen LogP contribution in [0.4, 0.5) is 0 Å². The van der Waals surface area contributed by atoms with Gasteiger partial charge in [-0.15, -0.1) is 0 Å². The third-order valence-corrected chi connectivity index (χ3v) is 4.33. The Labute approximate surface area is 146 Å². The van der Waals surface area contributed by atoms with Crippen molar-refractivity contribution in [2.75, 3.05) is 13.7 Å². The van der Waals surface area contributed by atoms with Crippen LogP contribution in [0.5, 0.6) is 5.75 Å². The minimum Gasteiger partial charge on any atom is -0.496 e. The number of methoxy groups -OCH3 is 1. The van der Waals surface area contributed by atoms with Crippen LogP contribution < -0.4 is 4.74 Å². The Kier molecular flexibility index (Phi) is 4.43. The molecule has 0 unspecified atom stereocenters. The fourth-order valence-corrected chi connectivity index (χ4v) is 3.12. The first kappa shape index (κ1) is 15.8. The summed E-state index contributed by atoms with van der Waals surface area (Å²) in [5, 5.41) is 4.73. The van der Waals surface area contributed by atoms with Gasteiger partial charge in [-0.25, -0.2) is 9.67 Å². The second-order valence-electron chi connectivity index (χ2n) is 6.00. The van der Waals surface area contributed by atoms with Gasteiger partial charge in [0.2, 0.25) is 0 Å². The van der Waals surface area contributed by atoms with Crippen LogP contribution in [0.1, 0.15) is 36.2 Å². The number of ether oxygens (including phenoxy) is 2. The lowest BCUT2D eigenvalue weighted by Gasteiger charge is -2.10. The highest BCUT2D eigenvalue weighted by Gasteiger charge is 2.25. The summed E-state index contributed by atoms with van der Waals surface area (Å²) >= 11 is 0. The first-order chi connectivity index (χ1) is 12.3. The van der Waals surface area contributed by atoms with Crippen molar-refractivity contribution in [3.63, 3.8) is 0 Å². The molecule has 0 amide bonds. The third kappa shape index (κ3) is 3.25. The lowest BCUT2D eigenvalue weighted by Crippen LogP contribution is -2.08. The number of pyridine rings is 1. The number of hydrogen-bond donors (Lipinski definition) is 0. The summed E-state index contributed by atoms with van der Waals surface area (Å²) in [4.78, 5) is 8.98. The molecule has 3 aromatic rings. The van der Waals surface area contributed by atoms with Gasteiger partial charge >= 0.3 is 0 Å². The van der Waals surface area contributed by atoms with E-state index in [2.05, 4.69) is 4.98 Å². The molecule has 1 aliphatic heterocycles. The number of nitrogens with zero attached hydrogens (tertiary/aromatic N) is 4. The van der Waals surface area contributed by atoms with Crippen LogP contribution in [0.15, 0.2) is 48.8 Å². The van der Waals surface area contributed by atoms with Crippen LogP contribution >= 0.6 is 0 Å². The third-order valence-electron chi connectivity index (χ3n) is 4.33. The van der Waals surface area contributed by atoms with E-state index in [-0.39, 0.29) is 6.10 Å². The molecular formula is C19H20N4O2. The van der Waals surface area contributed by atoms with Gasteiger partial charge in [-0.1, -0.05) is 18.2 Å². The molecule has 128 valence electrons. The molecule has 1 aromatic carbocycles. The maximum absolute atomic E-state index is 5.84. The Hall–Kier alpha value is -2.73. The van der Waals surface area contributed by atoms with Crippen molar-refractivity contribution in [3.8, 4) is 11.4 Å². The molecule has 2 aromatic heterocycles. The molecule has 0 saturated carbocycles. The summed E-state index contributed by atoms with van der Waals surface area (Å²) in [6, 6.07) is 11.8. The van der Waals surface area contributed by atoms with Crippen LogP contribution in [0, 0.1) is 0 Å². The SMILES string of the molecule is COc1ccccc1Cc1nc([C@@H]2CCCO2)n(-c2cccnc2)n1. The molecular weight excluding hydrogens is 316 g/mol. The quantitative estimate of drug-likeness (QED) is 0.716. The second-order valence-corrected chi connectivity index (χ2v) is 6.00. The lowest BCUT2D eigenvalue weighted by molar-refractivity contribution is 0.103. The van der Waals surface area contributed by atoms with E-state index < -0.39 is 0 Å². The van der Waals surface area contributed by atoms with E-state index in [1.807, 2.05) is 41.1 Å². The fraction of sp³-hybridized carbons (Fsp3) is 0.316. The Morgan fingerprint density at radius 3 is 2.92 bits per heavy atom. The first-order valence-electron chi connectivity index (χ1n) is 8.45. The molecule has 1 fully saturated rings. The lowest BCUT2D eigenvalue weighted by atomic mass is 10.1. The summed E-state index contributed by atoms with van der Waals surface area (Å²) in [7, 11) is 1.68. The summed E-state index contributed by atoms with van der Waals surface area (Å²) < 4.78 is 13.1. The molecule has 1 aliphatic rings. The van der Waals surface area contributed by atoms with E-state index in [1.165, 1.54) is 0 Å². The van der Waals surface area contributed by atoms with Gasteiger partial charge in [-0.2, -0.15) is 5.10 Å². The fourth-order valence-electron chi connectivity index (χ4n) is 3.12. The normalized spacial score (nSPS) is 16.9. The summed E-state index contributed by atoms with van der Waals surface area (Å²) in [5.74, 6) is 2.44. The summed E-state index contributed by atoms with van der Waals surface area (Å²) in [5.41, 5.74) is 1.96. The largest absolute Gasteiger partial charge is 0.496 e. The van der Waals surface area contributed by atoms with Crippen molar-refractivity contribution in [2.24, 2.45) is 0 Å². The van der Waals surface area contributed by atoms with E-state index in [4.69, 9.17) is 19.6 Å². The molecule has 0 bridgehead atoms. The Morgan fingerprint density at radius 1 is 1.24 bits per heavy atom. The minimum atomic E-state index is -0.0147. The van der Waals surface area contributed by atoms with Crippen LogP contribution in [-0.2, 0) is 11.2 Å². The van der Waals surface area contributed by atoms with Crippen molar-refractivity contribution in [2.45, 2.75) is 25.4 Å². The molecule has 0 N–H and O–H groups in total. The first-order valence-corrected chi connectivity index (χ1v) is 8.45. The maximum Gasteiger partial charge on any atom is 0.161 e. The van der Waals surface area contributed by atoms with Gasteiger partial charge < -0.3 is 9.47 Å². The predicted molar refractivity (Wildman–Crippen MR) is 92.9 cm³/mol. The van der Waals surface area contributed by atoms with E-state index in [9.17, 15) is 0 Å². The molecule has 0 radical (unpaired) electrons. The monoisotopic (exact) mass is 336 g/mol. The van der Waals surface area contributed by atoms with E-state index in [0.29, 0.717) is 6.42 Å². The van der Waals surface area contributed by atoms with Crippen molar-refractivity contribution in [1.29, 1.82) is 0 Å². The molecule has 6 nitrogen and oxygen atoms in total. The summed E-state index contributed by atoms with van der Waals surface area (Å²) in [6.45, 7) is 0.770. The van der Waals surface area contributed by atoms with Crippen LogP contribution in [0.25, 0.3) is 5.69 Å². The molecule has 1 saturated heterocycles. The minimum absolute atomic E-state index is 0.0147. The van der Waals surface area contributed by atoms with Gasteiger partial charge in [0.1, 0.15) is 11.9 Å². The topological polar surface area (TPSA) is 62.1 Å². The molecule has 3 heterocycles. The van der Waals surface area contributed by atoms with Crippen molar-refractivity contribution in [3.05, 3.63) is 66.0 Å². The van der Waals surface area contributed by atoms with Crippen molar-refractivity contribution >= 4 is 0 Å². The second kappa shape index (κ2) is 7.03. The maximum atomic E-state index is 5.84. The average Bonchev–Trinajstić information content (AvgIpc) is 3.32. The van der Waals surface area contributed by atoms with Crippen molar-refractivity contribution in [1.82, 2.24) is 19.7 Å². The van der Waals surface area contributed by atoms with Gasteiger partial charge in [0.05, 0.1) is 19.0 Å². The molecule has 0 spiro atoms. The molecule has 1 atom stereocenters. The Morgan fingerprint density at radius 2 is 2.16 bits per heavy atom. The van der Waals surface area contributed by atoms with E-state index in [0.717, 1.165) is 48.1 Å². The predicted octanol–water partition coefficient (Wildman–Crippen LogP) is 3.11. The van der Waals surface area contributed by atoms with Gasteiger partial charge in [0.15, 0.2) is 11.6 Å². The molecule has 4 rings (SSSR count). The zero-order chi connectivity index (χ0) is 17.1. The number of benzene rings is 1. The number of aromatic nitrogens is 4. The van der Waals surface area contributed by atoms with Crippen LogP contribution in [0.3, 0.4) is 0 Å². The van der Waals surface area contributed by atoms with Crippen LogP contribution in [0.2, 0.25) is 0 Å². The molecule has 6 heteroatoms. The van der Waals surface area contributed by atoms with E-state index >= 15 is 0 Å². The Balaban J connectivity index is 1.71. The molecule has 0 aliphatic carbocycles. The zero-order valence-corrected chi connectivity index (χ0v) is 14.1. The number of para-hydroxylation sites is 1. The summed E-state index contributed by atoms with van der Waals surface area (Å²) in [6.07, 6.45) is 6.15. The molecule has 25 heavy (non-hydrogen) atoms. The zero-order valence-electron chi connectivity index (χ0n) is 14.1.